The molecule has 4 nitrogen and oxygen atoms in total. The van der Waals surface area contributed by atoms with Crippen LogP contribution in [0.4, 0.5) is 0 Å². The summed E-state index contributed by atoms with van der Waals surface area (Å²) < 4.78 is 7.85. The molecule has 0 N–H and O–H groups in total. The Morgan fingerprint density at radius 3 is 2.87 bits per heavy atom. The van der Waals surface area contributed by atoms with Gasteiger partial charge in [0.25, 0.3) is 0 Å². The maximum atomic E-state index is 11.9. The van der Waals surface area contributed by atoms with Gasteiger partial charge in [-0.1, -0.05) is 18.2 Å². The van der Waals surface area contributed by atoms with Gasteiger partial charge in [0.2, 0.25) is 0 Å². The molecule has 1 aromatic carbocycles. The topological polar surface area (TPSA) is 43.6 Å². The quantitative estimate of drug-likeness (QED) is 0.669. The van der Waals surface area contributed by atoms with E-state index in [1.165, 1.54) is 12.8 Å². The third-order valence-corrected chi connectivity index (χ3v) is 4.24. The Morgan fingerprint density at radius 2 is 2.09 bits per heavy atom. The zero-order valence-electron chi connectivity index (χ0n) is 13.0. The number of hydrogen-bond donors (Lipinski definition) is 0. The average Bonchev–Trinajstić information content (AvgIpc) is 3.32. The zero-order chi connectivity index (χ0) is 15.8. The van der Waals surface area contributed by atoms with E-state index in [1.54, 1.807) is 13.1 Å². The minimum absolute atomic E-state index is 0.0237. The summed E-state index contributed by atoms with van der Waals surface area (Å²) >= 11 is 0. The average molecular weight is 306 g/mol. The fourth-order valence-electron chi connectivity index (χ4n) is 2.81. The van der Waals surface area contributed by atoms with E-state index in [2.05, 4.69) is 4.98 Å². The molecule has 0 spiro atoms. The maximum Gasteiger partial charge on any atom is 0.176 e. The van der Waals surface area contributed by atoms with Crippen LogP contribution in [0.2, 0.25) is 0 Å². The highest BCUT2D eigenvalue weighted by molar-refractivity contribution is 5.97. The molecule has 1 saturated carbocycles. The van der Waals surface area contributed by atoms with E-state index in [9.17, 15) is 4.79 Å². The normalized spacial score (nSPS) is 14.1. The number of carbonyl (C=O) groups excluding carboxylic acids is 1. The Kier molecular flexibility index (Phi) is 3.37. The van der Waals surface area contributed by atoms with Crippen LogP contribution in [0.1, 0.15) is 30.3 Å². The summed E-state index contributed by atoms with van der Waals surface area (Å²) in [4.78, 5) is 16.4. The van der Waals surface area contributed by atoms with Gasteiger partial charge < -0.3 is 4.74 Å². The standard InChI is InChI=1S/C19H18N2O2/c1-13(22)17-11-16(19-20-9-4-10-21(17)19)15-5-2-3-6-18(15)23-12-14-7-8-14/h2-6,9-11,14H,7-8,12H2,1H3. The molecule has 1 aliphatic carbocycles. The van der Waals surface area contributed by atoms with E-state index >= 15 is 0 Å². The maximum absolute atomic E-state index is 11.9. The highest BCUT2D eigenvalue weighted by Crippen LogP contribution is 2.36. The Hall–Kier alpha value is -2.62. The summed E-state index contributed by atoms with van der Waals surface area (Å²) in [5.74, 6) is 1.57. The van der Waals surface area contributed by atoms with E-state index in [0.29, 0.717) is 11.6 Å². The van der Waals surface area contributed by atoms with Crippen molar-refractivity contribution in [1.29, 1.82) is 0 Å². The molecule has 4 heteroatoms. The van der Waals surface area contributed by atoms with Gasteiger partial charge in [-0.05, 0) is 37.0 Å². The zero-order valence-corrected chi connectivity index (χ0v) is 13.0. The van der Waals surface area contributed by atoms with Crippen molar-refractivity contribution in [3.63, 3.8) is 0 Å². The first kappa shape index (κ1) is 14.0. The molecule has 2 aromatic heterocycles. The van der Waals surface area contributed by atoms with Crippen LogP contribution in [-0.2, 0) is 0 Å². The number of para-hydroxylation sites is 1. The Morgan fingerprint density at radius 1 is 1.26 bits per heavy atom. The molecule has 3 aromatic rings. The van der Waals surface area contributed by atoms with Crippen LogP contribution in [-0.4, -0.2) is 21.8 Å². The summed E-state index contributed by atoms with van der Waals surface area (Å²) in [6.07, 6.45) is 6.13. The number of Topliss-reactive ketones (excluding diaryl/α,β-unsaturated/α-hetero) is 1. The van der Waals surface area contributed by atoms with Crippen molar-refractivity contribution < 1.29 is 9.53 Å². The monoisotopic (exact) mass is 306 g/mol. The van der Waals surface area contributed by atoms with Crippen molar-refractivity contribution >= 4 is 11.4 Å². The lowest BCUT2D eigenvalue weighted by atomic mass is 10.1. The lowest BCUT2D eigenvalue weighted by Crippen LogP contribution is -2.00. The second kappa shape index (κ2) is 5.54. The molecule has 116 valence electrons. The largest absolute Gasteiger partial charge is 0.493 e. The van der Waals surface area contributed by atoms with Crippen molar-refractivity contribution in [1.82, 2.24) is 9.38 Å². The van der Waals surface area contributed by atoms with Crippen molar-refractivity contribution in [2.75, 3.05) is 6.61 Å². The van der Waals surface area contributed by atoms with E-state index < -0.39 is 0 Å². The van der Waals surface area contributed by atoms with Gasteiger partial charge in [-0.15, -0.1) is 0 Å². The SMILES string of the molecule is CC(=O)c1cc(-c2ccccc2OCC2CC2)c2ncccn12. The molecule has 4 rings (SSSR count). The molecule has 23 heavy (non-hydrogen) atoms. The number of hydrogen-bond acceptors (Lipinski definition) is 3. The highest BCUT2D eigenvalue weighted by Gasteiger charge is 2.23. The van der Waals surface area contributed by atoms with Crippen molar-refractivity contribution in [3.05, 3.63) is 54.5 Å². The summed E-state index contributed by atoms with van der Waals surface area (Å²) in [5.41, 5.74) is 3.33. The molecule has 0 atom stereocenters. The van der Waals surface area contributed by atoms with E-state index in [-0.39, 0.29) is 5.78 Å². The first-order valence-electron chi connectivity index (χ1n) is 7.93. The minimum atomic E-state index is 0.0237. The van der Waals surface area contributed by atoms with Crippen LogP contribution in [0.25, 0.3) is 16.8 Å². The smallest absolute Gasteiger partial charge is 0.176 e. The van der Waals surface area contributed by atoms with Gasteiger partial charge in [0.15, 0.2) is 5.78 Å². The van der Waals surface area contributed by atoms with Crippen LogP contribution < -0.4 is 4.74 Å². The number of fused-ring (bicyclic) bond motifs is 1. The Bertz CT molecular complexity index is 878. The van der Waals surface area contributed by atoms with Crippen LogP contribution in [0.5, 0.6) is 5.75 Å². The number of nitrogens with zero attached hydrogens (tertiary/aromatic N) is 2. The van der Waals surface area contributed by atoms with Crippen LogP contribution in [0.15, 0.2) is 48.8 Å². The fourth-order valence-corrected chi connectivity index (χ4v) is 2.81. The minimum Gasteiger partial charge on any atom is -0.493 e. The van der Waals surface area contributed by atoms with E-state index in [4.69, 9.17) is 4.74 Å². The van der Waals surface area contributed by atoms with Crippen molar-refractivity contribution in [3.8, 4) is 16.9 Å². The van der Waals surface area contributed by atoms with Gasteiger partial charge in [0, 0.05) is 30.4 Å². The second-order valence-electron chi connectivity index (χ2n) is 6.06. The Balaban J connectivity index is 1.84. The first-order chi connectivity index (χ1) is 11.2. The number of carbonyl (C=O) groups is 1. The molecular formula is C19H18N2O2. The molecule has 0 unspecified atom stereocenters. The second-order valence-corrected chi connectivity index (χ2v) is 6.06. The number of aromatic nitrogens is 2. The first-order valence-corrected chi connectivity index (χ1v) is 7.93. The van der Waals surface area contributed by atoms with Gasteiger partial charge in [0.05, 0.1) is 12.3 Å². The summed E-state index contributed by atoms with van der Waals surface area (Å²) in [5, 5.41) is 0. The molecule has 1 fully saturated rings. The lowest BCUT2D eigenvalue weighted by Gasteiger charge is -2.10. The molecule has 2 heterocycles. The highest BCUT2D eigenvalue weighted by atomic mass is 16.5. The fraction of sp³-hybridized carbons (Fsp3) is 0.263. The van der Waals surface area contributed by atoms with Gasteiger partial charge in [-0.25, -0.2) is 4.98 Å². The third-order valence-electron chi connectivity index (χ3n) is 4.24. The summed E-state index contributed by atoms with van der Waals surface area (Å²) in [6, 6.07) is 11.7. The van der Waals surface area contributed by atoms with Gasteiger partial charge in [-0.2, -0.15) is 0 Å². The molecule has 0 bridgehead atoms. The molecule has 1 aliphatic rings. The van der Waals surface area contributed by atoms with Crippen LogP contribution in [0, 0.1) is 5.92 Å². The number of rotatable bonds is 5. The molecule has 0 radical (unpaired) electrons. The van der Waals surface area contributed by atoms with Crippen molar-refractivity contribution in [2.45, 2.75) is 19.8 Å². The molecular weight excluding hydrogens is 288 g/mol. The molecule has 0 amide bonds. The predicted octanol–water partition coefficient (Wildman–Crippen LogP) is 3.99. The van der Waals surface area contributed by atoms with Gasteiger partial charge in [-0.3, -0.25) is 9.20 Å². The van der Waals surface area contributed by atoms with Gasteiger partial charge >= 0.3 is 0 Å². The lowest BCUT2D eigenvalue weighted by molar-refractivity contribution is 0.101. The Labute approximate surface area is 134 Å². The van der Waals surface area contributed by atoms with E-state index in [0.717, 1.165) is 29.1 Å². The molecule has 0 aliphatic heterocycles. The van der Waals surface area contributed by atoms with Crippen LogP contribution >= 0.6 is 0 Å². The van der Waals surface area contributed by atoms with Crippen molar-refractivity contribution in [2.24, 2.45) is 5.92 Å². The third kappa shape index (κ3) is 2.61. The van der Waals surface area contributed by atoms with E-state index in [1.807, 2.05) is 47.0 Å². The molecule has 0 saturated heterocycles. The number of ketones is 1. The van der Waals surface area contributed by atoms with Gasteiger partial charge in [0.1, 0.15) is 11.4 Å². The predicted molar refractivity (Wildman–Crippen MR) is 88.9 cm³/mol. The number of ether oxygens (including phenoxy) is 1. The summed E-state index contributed by atoms with van der Waals surface area (Å²) in [6.45, 7) is 2.34. The number of benzene rings is 1. The summed E-state index contributed by atoms with van der Waals surface area (Å²) in [7, 11) is 0. The van der Waals surface area contributed by atoms with Crippen LogP contribution in [0.3, 0.4) is 0 Å².